The van der Waals surface area contributed by atoms with Crippen molar-refractivity contribution in [2.45, 2.75) is 6.18 Å². The van der Waals surface area contributed by atoms with Crippen LogP contribution in [0.5, 0.6) is 11.5 Å². The van der Waals surface area contributed by atoms with Crippen LogP contribution in [-0.2, 0) is 6.18 Å². The lowest BCUT2D eigenvalue weighted by molar-refractivity contribution is -0.141. The molecule has 0 aliphatic rings. The van der Waals surface area contributed by atoms with Gasteiger partial charge in [-0.15, -0.1) is 0 Å². The molecule has 7 heteroatoms. The summed E-state index contributed by atoms with van der Waals surface area (Å²) in [7, 11) is 0. The molecule has 21 heavy (non-hydrogen) atoms. The number of para-hydroxylation sites is 1. The van der Waals surface area contributed by atoms with E-state index in [1.165, 1.54) is 24.3 Å². The standard InChI is InChI=1S/C14H9F4NO2/c15-10-7-6-9(13(19)20)12(11(10)14(16,17)18)21-8-4-2-1-3-5-8/h1-7H,(H2,19,20). The van der Waals surface area contributed by atoms with Crippen molar-refractivity contribution in [3.05, 3.63) is 59.4 Å². The van der Waals surface area contributed by atoms with E-state index in [2.05, 4.69) is 0 Å². The van der Waals surface area contributed by atoms with Crippen LogP contribution in [0.25, 0.3) is 0 Å². The van der Waals surface area contributed by atoms with E-state index in [1.54, 1.807) is 6.07 Å². The smallest absolute Gasteiger partial charge is 0.422 e. The average Bonchev–Trinajstić information content (AvgIpc) is 2.38. The van der Waals surface area contributed by atoms with E-state index in [9.17, 15) is 22.4 Å². The molecule has 0 saturated carbocycles. The SMILES string of the molecule is NC(=O)c1ccc(F)c(C(F)(F)F)c1Oc1ccccc1. The van der Waals surface area contributed by atoms with Gasteiger partial charge in [0.05, 0.1) is 5.56 Å². The van der Waals surface area contributed by atoms with Gasteiger partial charge in [-0.2, -0.15) is 13.2 Å². The van der Waals surface area contributed by atoms with Crippen LogP contribution in [-0.4, -0.2) is 5.91 Å². The fourth-order valence-corrected chi connectivity index (χ4v) is 1.73. The summed E-state index contributed by atoms with van der Waals surface area (Å²) in [5.74, 6) is -3.61. The van der Waals surface area contributed by atoms with Gasteiger partial charge < -0.3 is 10.5 Å². The van der Waals surface area contributed by atoms with Crippen molar-refractivity contribution in [3.63, 3.8) is 0 Å². The highest BCUT2D eigenvalue weighted by Gasteiger charge is 2.40. The summed E-state index contributed by atoms with van der Waals surface area (Å²) >= 11 is 0. The monoisotopic (exact) mass is 299 g/mol. The third-order valence-corrected chi connectivity index (χ3v) is 2.62. The second kappa shape index (κ2) is 5.43. The molecule has 2 N–H and O–H groups in total. The summed E-state index contributed by atoms with van der Waals surface area (Å²) < 4.78 is 57.5. The van der Waals surface area contributed by atoms with E-state index in [1.807, 2.05) is 0 Å². The summed E-state index contributed by atoms with van der Waals surface area (Å²) in [5.41, 5.74) is 2.81. The van der Waals surface area contributed by atoms with Gasteiger partial charge in [-0.3, -0.25) is 4.79 Å². The number of hydrogen-bond donors (Lipinski definition) is 1. The molecule has 0 spiro atoms. The third kappa shape index (κ3) is 3.13. The number of benzene rings is 2. The van der Waals surface area contributed by atoms with Gasteiger partial charge in [0, 0.05) is 0 Å². The highest BCUT2D eigenvalue weighted by atomic mass is 19.4. The molecule has 0 bridgehead atoms. The number of nitrogens with two attached hydrogens (primary N) is 1. The maximum Gasteiger partial charge on any atom is 0.422 e. The topological polar surface area (TPSA) is 52.3 Å². The Bertz CT molecular complexity index is 669. The van der Waals surface area contributed by atoms with Crippen LogP contribution in [0.15, 0.2) is 42.5 Å². The predicted molar refractivity (Wildman–Crippen MR) is 66.4 cm³/mol. The summed E-state index contributed by atoms with van der Waals surface area (Å²) in [4.78, 5) is 11.3. The second-order valence-corrected chi connectivity index (χ2v) is 4.08. The van der Waals surface area contributed by atoms with Gasteiger partial charge in [0.15, 0.2) is 5.75 Å². The number of alkyl halides is 3. The molecule has 0 aliphatic heterocycles. The van der Waals surface area contributed by atoms with Crippen LogP contribution >= 0.6 is 0 Å². The fourth-order valence-electron chi connectivity index (χ4n) is 1.73. The minimum atomic E-state index is -5.03. The van der Waals surface area contributed by atoms with Crippen molar-refractivity contribution in [2.24, 2.45) is 5.73 Å². The van der Waals surface area contributed by atoms with Gasteiger partial charge in [0.25, 0.3) is 5.91 Å². The average molecular weight is 299 g/mol. The van der Waals surface area contributed by atoms with Crippen LogP contribution in [0, 0.1) is 5.82 Å². The Kier molecular flexibility index (Phi) is 3.84. The highest BCUT2D eigenvalue weighted by Crippen LogP contribution is 2.41. The van der Waals surface area contributed by atoms with Crippen LogP contribution in [0.1, 0.15) is 15.9 Å². The Morgan fingerprint density at radius 2 is 1.67 bits per heavy atom. The Labute approximate surface area is 116 Å². The number of carbonyl (C=O) groups is 1. The molecule has 0 fully saturated rings. The van der Waals surface area contributed by atoms with Gasteiger partial charge in [-0.05, 0) is 24.3 Å². The van der Waals surface area contributed by atoms with Crippen LogP contribution in [0.4, 0.5) is 17.6 Å². The molecule has 3 nitrogen and oxygen atoms in total. The first-order valence-corrected chi connectivity index (χ1v) is 5.73. The van der Waals surface area contributed by atoms with E-state index < -0.39 is 34.8 Å². The number of carbonyl (C=O) groups excluding carboxylic acids is 1. The molecule has 0 heterocycles. The number of ether oxygens (including phenoxy) is 1. The van der Waals surface area contributed by atoms with Crippen molar-refractivity contribution in [1.82, 2.24) is 0 Å². The first-order valence-electron chi connectivity index (χ1n) is 5.73. The van der Waals surface area contributed by atoms with Crippen LogP contribution < -0.4 is 10.5 Å². The van der Waals surface area contributed by atoms with Crippen LogP contribution in [0.2, 0.25) is 0 Å². The van der Waals surface area contributed by atoms with Crippen LogP contribution in [0.3, 0.4) is 0 Å². The lowest BCUT2D eigenvalue weighted by atomic mass is 10.1. The maximum atomic E-state index is 13.5. The van der Waals surface area contributed by atoms with E-state index >= 15 is 0 Å². The van der Waals surface area contributed by atoms with E-state index in [0.29, 0.717) is 6.07 Å². The molecule has 2 rings (SSSR count). The van der Waals surface area contributed by atoms with Crippen molar-refractivity contribution in [2.75, 3.05) is 0 Å². The number of primary amides is 1. The molecule has 0 atom stereocenters. The molecule has 0 radical (unpaired) electrons. The molecule has 0 aromatic heterocycles. The summed E-state index contributed by atoms with van der Waals surface area (Å²) in [5, 5.41) is 0. The van der Waals surface area contributed by atoms with Crippen molar-refractivity contribution in [3.8, 4) is 11.5 Å². The molecule has 110 valence electrons. The largest absolute Gasteiger partial charge is 0.456 e. The Balaban J connectivity index is 2.65. The number of rotatable bonds is 3. The zero-order valence-electron chi connectivity index (χ0n) is 10.4. The summed E-state index contributed by atoms with van der Waals surface area (Å²) in [6.45, 7) is 0. The maximum absolute atomic E-state index is 13.5. The molecule has 0 saturated heterocycles. The molecule has 0 aliphatic carbocycles. The quantitative estimate of drug-likeness (QED) is 0.878. The second-order valence-electron chi connectivity index (χ2n) is 4.08. The lowest BCUT2D eigenvalue weighted by Gasteiger charge is -2.16. The summed E-state index contributed by atoms with van der Waals surface area (Å²) in [6, 6.07) is 8.79. The van der Waals surface area contributed by atoms with E-state index in [-0.39, 0.29) is 5.75 Å². The van der Waals surface area contributed by atoms with Crippen molar-refractivity contribution >= 4 is 5.91 Å². The van der Waals surface area contributed by atoms with Crippen molar-refractivity contribution in [1.29, 1.82) is 0 Å². The van der Waals surface area contributed by atoms with Gasteiger partial charge in [-0.25, -0.2) is 4.39 Å². The minimum absolute atomic E-state index is 0.0242. The van der Waals surface area contributed by atoms with Gasteiger partial charge in [0.2, 0.25) is 0 Å². The van der Waals surface area contributed by atoms with Gasteiger partial charge >= 0.3 is 6.18 Å². The summed E-state index contributed by atoms with van der Waals surface area (Å²) in [6.07, 6.45) is -5.03. The van der Waals surface area contributed by atoms with Crippen molar-refractivity contribution < 1.29 is 27.1 Å². The van der Waals surface area contributed by atoms with Gasteiger partial charge in [0.1, 0.15) is 17.1 Å². The first-order chi connectivity index (χ1) is 9.80. The Morgan fingerprint density at radius 1 is 1.05 bits per heavy atom. The molecule has 1 amide bonds. The van der Waals surface area contributed by atoms with E-state index in [4.69, 9.17) is 10.5 Å². The first kappa shape index (κ1) is 14.8. The molecular weight excluding hydrogens is 290 g/mol. The van der Waals surface area contributed by atoms with Gasteiger partial charge in [-0.1, -0.05) is 18.2 Å². The molecule has 0 unspecified atom stereocenters. The predicted octanol–water partition coefficient (Wildman–Crippen LogP) is 3.74. The Morgan fingerprint density at radius 3 is 2.19 bits per heavy atom. The highest BCUT2D eigenvalue weighted by molar-refractivity contribution is 5.96. The fraction of sp³-hybridized carbons (Fsp3) is 0.0714. The number of amides is 1. The lowest BCUT2D eigenvalue weighted by Crippen LogP contribution is -2.17. The normalized spacial score (nSPS) is 11.2. The molecular formula is C14H9F4NO2. The molecule has 2 aromatic carbocycles. The van der Waals surface area contributed by atoms with E-state index in [0.717, 1.165) is 6.07 Å². The minimum Gasteiger partial charge on any atom is -0.456 e. The number of hydrogen-bond acceptors (Lipinski definition) is 2. The third-order valence-electron chi connectivity index (χ3n) is 2.62. The zero-order valence-corrected chi connectivity index (χ0v) is 10.4. The molecule has 2 aromatic rings. The Hall–Kier alpha value is -2.57. The zero-order chi connectivity index (χ0) is 15.6. The number of halogens is 4.